The Morgan fingerprint density at radius 2 is 1.59 bits per heavy atom. The molecule has 0 spiro atoms. The van der Waals surface area contributed by atoms with E-state index in [0.717, 1.165) is 5.69 Å². The lowest BCUT2D eigenvalue weighted by atomic mass is 10.2. The lowest BCUT2D eigenvalue weighted by molar-refractivity contribution is 0.102. The third-order valence-corrected chi connectivity index (χ3v) is 3.85. The van der Waals surface area contributed by atoms with Crippen LogP contribution in [-0.4, -0.2) is 30.3 Å². The van der Waals surface area contributed by atoms with Crippen molar-refractivity contribution in [3.05, 3.63) is 65.2 Å². The first-order valence-electron chi connectivity index (χ1n) is 7.98. The summed E-state index contributed by atoms with van der Waals surface area (Å²) in [6.45, 7) is 0. The first-order chi connectivity index (χ1) is 13.1. The maximum atomic E-state index is 12.4. The van der Waals surface area contributed by atoms with Crippen LogP contribution in [0, 0.1) is 0 Å². The number of amides is 1. The number of hydrogen-bond acceptors (Lipinski definition) is 6. The summed E-state index contributed by atoms with van der Waals surface area (Å²) in [6, 6.07) is 15.5. The summed E-state index contributed by atoms with van der Waals surface area (Å²) in [4.78, 5) is 12.4. The Balaban J connectivity index is 1.70. The number of carbonyl (C=O) groups is 1. The lowest BCUT2D eigenvalue weighted by Crippen LogP contribution is -2.14. The molecule has 7 nitrogen and oxygen atoms in total. The fourth-order valence-corrected chi connectivity index (χ4v) is 2.50. The summed E-state index contributed by atoms with van der Waals surface area (Å²) in [6.07, 6.45) is 0. The van der Waals surface area contributed by atoms with Crippen LogP contribution in [0.15, 0.2) is 54.6 Å². The van der Waals surface area contributed by atoms with Crippen molar-refractivity contribution in [2.75, 3.05) is 24.9 Å². The van der Waals surface area contributed by atoms with Crippen LogP contribution >= 0.6 is 11.6 Å². The van der Waals surface area contributed by atoms with E-state index in [1.807, 2.05) is 12.1 Å². The second-order valence-electron chi connectivity index (χ2n) is 5.49. The van der Waals surface area contributed by atoms with Crippen molar-refractivity contribution in [1.82, 2.24) is 10.2 Å². The van der Waals surface area contributed by atoms with Gasteiger partial charge in [-0.2, -0.15) is 0 Å². The molecule has 1 amide bonds. The van der Waals surface area contributed by atoms with Gasteiger partial charge in [-0.3, -0.25) is 4.79 Å². The number of hydrogen-bond donors (Lipinski definition) is 2. The van der Waals surface area contributed by atoms with E-state index >= 15 is 0 Å². The number of rotatable bonds is 6. The van der Waals surface area contributed by atoms with Crippen molar-refractivity contribution in [2.45, 2.75) is 0 Å². The number of benzene rings is 2. The highest BCUT2D eigenvalue weighted by atomic mass is 35.5. The van der Waals surface area contributed by atoms with Crippen molar-refractivity contribution < 1.29 is 14.3 Å². The zero-order chi connectivity index (χ0) is 19.2. The number of ether oxygens (including phenoxy) is 2. The van der Waals surface area contributed by atoms with Gasteiger partial charge in [-0.25, -0.2) is 0 Å². The molecule has 0 aliphatic heterocycles. The van der Waals surface area contributed by atoms with Gasteiger partial charge in [0, 0.05) is 22.3 Å². The van der Waals surface area contributed by atoms with E-state index in [2.05, 4.69) is 20.8 Å². The van der Waals surface area contributed by atoms with Gasteiger partial charge in [0.05, 0.1) is 14.2 Å². The summed E-state index contributed by atoms with van der Waals surface area (Å²) in [5.74, 6) is 1.53. The molecule has 138 valence electrons. The number of carbonyl (C=O) groups excluding carboxylic acids is 1. The molecule has 8 heteroatoms. The molecule has 0 aliphatic carbocycles. The van der Waals surface area contributed by atoms with Crippen LogP contribution in [0.25, 0.3) is 0 Å². The minimum atomic E-state index is -0.350. The molecule has 1 aromatic heterocycles. The standard InChI is InChI=1S/C19H17ClN4O3/c1-26-15-8-12(9-16(11-15)27-2)19(25)22-18-7-6-17(23-24-18)21-14-5-3-4-13(20)10-14/h3-11H,1-2H3,(H,21,23)(H,22,24,25). The van der Waals surface area contributed by atoms with Gasteiger partial charge < -0.3 is 20.1 Å². The first kappa shape index (κ1) is 18.5. The highest BCUT2D eigenvalue weighted by Gasteiger charge is 2.11. The van der Waals surface area contributed by atoms with Gasteiger partial charge >= 0.3 is 0 Å². The highest BCUT2D eigenvalue weighted by molar-refractivity contribution is 6.30. The second-order valence-corrected chi connectivity index (χ2v) is 5.93. The van der Waals surface area contributed by atoms with E-state index in [4.69, 9.17) is 21.1 Å². The summed E-state index contributed by atoms with van der Waals surface area (Å²) in [5.41, 5.74) is 1.17. The SMILES string of the molecule is COc1cc(OC)cc(C(=O)Nc2ccc(Nc3cccc(Cl)c3)nn2)c1. The number of methoxy groups -OCH3 is 2. The fraction of sp³-hybridized carbons (Fsp3) is 0.105. The normalized spacial score (nSPS) is 10.2. The Kier molecular flexibility index (Phi) is 5.73. The molecule has 0 atom stereocenters. The van der Waals surface area contributed by atoms with Gasteiger partial charge in [-0.05, 0) is 42.5 Å². The number of halogens is 1. The van der Waals surface area contributed by atoms with Gasteiger partial charge in [0.2, 0.25) is 0 Å². The number of nitrogens with zero attached hydrogens (tertiary/aromatic N) is 2. The molecule has 3 aromatic rings. The van der Waals surface area contributed by atoms with Gasteiger partial charge in [0.25, 0.3) is 5.91 Å². The molecular weight excluding hydrogens is 368 g/mol. The van der Waals surface area contributed by atoms with Gasteiger partial charge in [-0.1, -0.05) is 17.7 Å². The van der Waals surface area contributed by atoms with Crippen molar-refractivity contribution in [3.63, 3.8) is 0 Å². The molecule has 0 radical (unpaired) electrons. The predicted molar refractivity (Wildman–Crippen MR) is 104 cm³/mol. The molecule has 0 saturated carbocycles. The van der Waals surface area contributed by atoms with Crippen molar-refractivity contribution in [3.8, 4) is 11.5 Å². The number of nitrogens with one attached hydrogen (secondary N) is 2. The Labute approximate surface area is 161 Å². The van der Waals surface area contributed by atoms with Gasteiger partial charge in [0.1, 0.15) is 11.5 Å². The Morgan fingerprint density at radius 3 is 2.19 bits per heavy atom. The largest absolute Gasteiger partial charge is 0.497 e. The summed E-state index contributed by atoms with van der Waals surface area (Å²) in [7, 11) is 3.04. The maximum Gasteiger partial charge on any atom is 0.257 e. The molecule has 0 fully saturated rings. The zero-order valence-corrected chi connectivity index (χ0v) is 15.4. The van der Waals surface area contributed by atoms with E-state index in [0.29, 0.717) is 33.7 Å². The van der Waals surface area contributed by atoms with Crippen molar-refractivity contribution in [2.24, 2.45) is 0 Å². The van der Waals surface area contributed by atoms with E-state index in [-0.39, 0.29) is 5.91 Å². The maximum absolute atomic E-state index is 12.4. The molecule has 0 unspecified atom stereocenters. The Bertz CT molecular complexity index is 926. The number of anilines is 3. The monoisotopic (exact) mass is 384 g/mol. The van der Waals surface area contributed by atoms with Crippen LogP contribution in [0.4, 0.5) is 17.3 Å². The first-order valence-corrected chi connectivity index (χ1v) is 8.36. The van der Waals surface area contributed by atoms with Crippen molar-refractivity contribution in [1.29, 1.82) is 0 Å². The van der Waals surface area contributed by atoms with E-state index in [1.54, 1.807) is 42.5 Å². The van der Waals surface area contributed by atoms with E-state index < -0.39 is 0 Å². The molecular formula is C19H17ClN4O3. The topological polar surface area (TPSA) is 85.4 Å². The Hall–Kier alpha value is -3.32. The molecule has 2 N–H and O–H groups in total. The van der Waals surface area contributed by atoms with Gasteiger partial charge in [-0.15, -0.1) is 10.2 Å². The third-order valence-electron chi connectivity index (χ3n) is 3.62. The van der Waals surface area contributed by atoms with Crippen LogP contribution in [0.2, 0.25) is 5.02 Å². The molecule has 27 heavy (non-hydrogen) atoms. The zero-order valence-electron chi connectivity index (χ0n) is 14.7. The minimum absolute atomic E-state index is 0.318. The molecule has 2 aromatic carbocycles. The average molecular weight is 385 g/mol. The lowest BCUT2D eigenvalue weighted by Gasteiger charge is -2.09. The smallest absolute Gasteiger partial charge is 0.257 e. The van der Waals surface area contributed by atoms with Crippen LogP contribution in [-0.2, 0) is 0 Å². The van der Waals surface area contributed by atoms with Gasteiger partial charge in [0.15, 0.2) is 11.6 Å². The third kappa shape index (κ3) is 4.86. The summed E-state index contributed by atoms with van der Waals surface area (Å²) in [5, 5.41) is 14.4. The van der Waals surface area contributed by atoms with Crippen LogP contribution in [0.3, 0.4) is 0 Å². The minimum Gasteiger partial charge on any atom is -0.497 e. The molecule has 3 rings (SSSR count). The van der Waals surface area contributed by atoms with Crippen molar-refractivity contribution >= 4 is 34.8 Å². The van der Waals surface area contributed by atoms with Crippen LogP contribution < -0.4 is 20.1 Å². The summed E-state index contributed by atoms with van der Waals surface area (Å²) >= 11 is 5.95. The second kappa shape index (κ2) is 8.37. The Morgan fingerprint density at radius 1 is 0.926 bits per heavy atom. The van der Waals surface area contributed by atoms with Crippen LogP contribution in [0.5, 0.6) is 11.5 Å². The fourth-order valence-electron chi connectivity index (χ4n) is 2.31. The average Bonchev–Trinajstić information content (AvgIpc) is 2.69. The van der Waals surface area contributed by atoms with E-state index in [1.165, 1.54) is 14.2 Å². The molecule has 0 saturated heterocycles. The molecule has 0 bridgehead atoms. The van der Waals surface area contributed by atoms with Crippen LogP contribution in [0.1, 0.15) is 10.4 Å². The quantitative estimate of drug-likeness (QED) is 0.664. The van der Waals surface area contributed by atoms with E-state index in [9.17, 15) is 4.79 Å². The summed E-state index contributed by atoms with van der Waals surface area (Å²) < 4.78 is 10.3. The molecule has 0 aliphatic rings. The molecule has 1 heterocycles. The number of aromatic nitrogens is 2. The predicted octanol–water partition coefficient (Wildman–Crippen LogP) is 4.14. The highest BCUT2D eigenvalue weighted by Crippen LogP contribution is 2.23.